The molecule has 1 N–H and O–H groups in total. The van der Waals surface area contributed by atoms with Crippen molar-refractivity contribution >= 4 is 33.3 Å². The molecule has 0 aliphatic rings. The molecule has 0 saturated heterocycles. The SMILES string of the molecule is CN(C(=O)Nc1cc(F)ccc1F)c1cccc(Br)c1. The third-order valence-electron chi connectivity index (χ3n) is 2.67. The summed E-state index contributed by atoms with van der Waals surface area (Å²) < 4.78 is 27.3. The highest BCUT2D eigenvalue weighted by Gasteiger charge is 2.13. The van der Waals surface area contributed by atoms with Crippen LogP contribution in [0.15, 0.2) is 46.9 Å². The topological polar surface area (TPSA) is 32.3 Å². The van der Waals surface area contributed by atoms with Gasteiger partial charge in [0.25, 0.3) is 0 Å². The molecule has 0 saturated carbocycles. The number of carbonyl (C=O) groups is 1. The number of hydrogen-bond acceptors (Lipinski definition) is 1. The monoisotopic (exact) mass is 340 g/mol. The van der Waals surface area contributed by atoms with E-state index in [0.29, 0.717) is 5.69 Å². The molecule has 0 radical (unpaired) electrons. The minimum Gasteiger partial charge on any atom is -0.305 e. The second kappa shape index (κ2) is 6.00. The Kier molecular flexibility index (Phi) is 4.34. The summed E-state index contributed by atoms with van der Waals surface area (Å²) in [6.45, 7) is 0. The molecule has 0 aliphatic heterocycles. The summed E-state index contributed by atoms with van der Waals surface area (Å²) >= 11 is 3.30. The average molecular weight is 341 g/mol. The van der Waals surface area contributed by atoms with E-state index in [2.05, 4.69) is 21.2 Å². The zero-order valence-corrected chi connectivity index (χ0v) is 12.1. The fourth-order valence-electron chi connectivity index (χ4n) is 1.59. The van der Waals surface area contributed by atoms with Gasteiger partial charge in [0.1, 0.15) is 11.6 Å². The first kappa shape index (κ1) is 14.5. The predicted octanol–water partition coefficient (Wildman–Crippen LogP) is 4.40. The van der Waals surface area contributed by atoms with Crippen molar-refractivity contribution in [3.63, 3.8) is 0 Å². The summed E-state index contributed by atoms with van der Waals surface area (Å²) in [5.41, 5.74) is 0.422. The van der Waals surface area contributed by atoms with Gasteiger partial charge in [0, 0.05) is 23.3 Å². The Labute approximate surface area is 123 Å². The van der Waals surface area contributed by atoms with Crippen LogP contribution in [-0.4, -0.2) is 13.1 Å². The highest BCUT2D eigenvalue weighted by atomic mass is 79.9. The van der Waals surface area contributed by atoms with Crippen molar-refractivity contribution in [2.24, 2.45) is 0 Å². The predicted molar refractivity (Wildman–Crippen MR) is 77.9 cm³/mol. The number of carbonyl (C=O) groups excluding carboxylic acids is 1. The largest absolute Gasteiger partial charge is 0.326 e. The van der Waals surface area contributed by atoms with Crippen LogP contribution in [0.1, 0.15) is 0 Å². The van der Waals surface area contributed by atoms with Crippen LogP contribution in [0.25, 0.3) is 0 Å². The standard InChI is InChI=1S/C14H11BrF2N2O/c1-19(11-4-2-3-9(15)7-11)14(20)18-13-8-10(16)5-6-12(13)17/h2-8H,1H3,(H,18,20). The van der Waals surface area contributed by atoms with Crippen molar-refractivity contribution in [1.29, 1.82) is 0 Å². The normalized spacial score (nSPS) is 10.2. The Balaban J connectivity index is 2.17. The van der Waals surface area contributed by atoms with Gasteiger partial charge in [-0.2, -0.15) is 0 Å². The lowest BCUT2D eigenvalue weighted by Crippen LogP contribution is -2.31. The van der Waals surface area contributed by atoms with E-state index in [-0.39, 0.29) is 5.69 Å². The molecule has 0 spiro atoms. The number of nitrogens with zero attached hydrogens (tertiary/aromatic N) is 1. The van der Waals surface area contributed by atoms with Crippen molar-refractivity contribution in [1.82, 2.24) is 0 Å². The van der Waals surface area contributed by atoms with E-state index in [4.69, 9.17) is 0 Å². The van der Waals surface area contributed by atoms with Crippen LogP contribution in [0, 0.1) is 11.6 Å². The molecule has 2 aromatic rings. The molecule has 0 fully saturated rings. The molecule has 3 nitrogen and oxygen atoms in total. The lowest BCUT2D eigenvalue weighted by Gasteiger charge is -2.18. The van der Waals surface area contributed by atoms with Crippen LogP contribution in [0.4, 0.5) is 25.0 Å². The zero-order valence-electron chi connectivity index (χ0n) is 10.5. The number of anilines is 2. The maximum absolute atomic E-state index is 13.5. The van der Waals surface area contributed by atoms with Crippen LogP contribution in [0.5, 0.6) is 0 Å². The smallest absolute Gasteiger partial charge is 0.305 e. The maximum Gasteiger partial charge on any atom is 0.326 e. The number of hydrogen-bond donors (Lipinski definition) is 1. The molecular weight excluding hydrogens is 330 g/mol. The quantitative estimate of drug-likeness (QED) is 0.863. The Bertz CT molecular complexity index is 649. The first-order valence-electron chi connectivity index (χ1n) is 5.72. The highest BCUT2D eigenvalue weighted by Crippen LogP contribution is 2.21. The summed E-state index contributed by atoms with van der Waals surface area (Å²) in [6, 6.07) is 9.38. The van der Waals surface area contributed by atoms with Gasteiger partial charge in [0.2, 0.25) is 0 Å². The summed E-state index contributed by atoms with van der Waals surface area (Å²) in [7, 11) is 1.54. The van der Waals surface area contributed by atoms with Gasteiger partial charge in [-0.15, -0.1) is 0 Å². The van der Waals surface area contributed by atoms with Gasteiger partial charge >= 0.3 is 6.03 Å². The summed E-state index contributed by atoms with van der Waals surface area (Å²) in [4.78, 5) is 13.3. The second-order valence-electron chi connectivity index (χ2n) is 4.09. The molecule has 0 aliphatic carbocycles. The van der Waals surface area contributed by atoms with Gasteiger partial charge in [-0.05, 0) is 30.3 Å². The van der Waals surface area contributed by atoms with Crippen LogP contribution in [0.3, 0.4) is 0 Å². The minimum atomic E-state index is -0.692. The van der Waals surface area contributed by atoms with Gasteiger partial charge in [-0.25, -0.2) is 13.6 Å². The minimum absolute atomic E-state index is 0.197. The molecule has 104 valence electrons. The first-order valence-corrected chi connectivity index (χ1v) is 6.52. The number of nitrogens with one attached hydrogen (secondary N) is 1. The number of urea groups is 1. The van der Waals surface area contributed by atoms with E-state index >= 15 is 0 Å². The van der Waals surface area contributed by atoms with Crippen molar-refractivity contribution < 1.29 is 13.6 Å². The van der Waals surface area contributed by atoms with Crippen LogP contribution in [0.2, 0.25) is 0 Å². The second-order valence-corrected chi connectivity index (χ2v) is 5.01. The lowest BCUT2D eigenvalue weighted by molar-refractivity contribution is 0.258. The Morgan fingerprint density at radius 2 is 1.95 bits per heavy atom. The van der Waals surface area contributed by atoms with Crippen LogP contribution < -0.4 is 10.2 Å². The van der Waals surface area contributed by atoms with Crippen molar-refractivity contribution in [2.45, 2.75) is 0 Å². The molecule has 0 aromatic heterocycles. The van der Waals surface area contributed by atoms with Gasteiger partial charge in [0.15, 0.2) is 0 Å². The molecule has 2 rings (SSSR count). The van der Waals surface area contributed by atoms with E-state index in [9.17, 15) is 13.6 Å². The number of halogens is 3. The third kappa shape index (κ3) is 3.33. The summed E-state index contributed by atoms with van der Waals surface area (Å²) in [6.07, 6.45) is 0. The van der Waals surface area contributed by atoms with Crippen molar-refractivity contribution in [3.05, 3.63) is 58.6 Å². The van der Waals surface area contributed by atoms with Crippen LogP contribution in [-0.2, 0) is 0 Å². The molecule has 0 atom stereocenters. The van der Waals surface area contributed by atoms with Crippen LogP contribution >= 0.6 is 15.9 Å². The van der Waals surface area contributed by atoms with E-state index in [1.807, 2.05) is 6.07 Å². The molecule has 0 heterocycles. The molecular formula is C14H11BrF2N2O. The summed E-state index contributed by atoms with van der Waals surface area (Å²) in [5.74, 6) is -1.31. The van der Waals surface area contributed by atoms with Gasteiger partial charge in [-0.1, -0.05) is 22.0 Å². The fourth-order valence-corrected chi connectivity index (χ4v) is 1.98. The highest BCUT2D eigenvalue weighted by molar-refractivity contribution is 9.10. The maximum atomic E-state index is 13.5. The molecule has 2 aromatic carbocycles. The Hall–Kier alpha value is -1.95. The Morgan fingerprint density at radius 3 is 2.65 bits per heavy atom. The molecule has 20 heavy (non-hydrogen) atoms. The van der Waals surface area contributed by atoms with Gasteiger partial charge < -0.3 is 5.32 Å². The molecule has 0 bridgehead atoms. The lowest BCUT2D eigenvalue weighted by atomic mass is 10.3. The third-order valence-corrected chi connectivity index (χ3v) is 3.16. The number of benzene rings is 2. The summed E-state index contributed by atoms with van der Waals surface area (Å²) in [5, 5.41) is 2.33. The fraction of sp³-hybridized carbons (Fsp3) is 0.0714. The number of rotatable bonds is 2. The molecule has 2 amide bonds. The average Bonchev–Trinajstić information content (AvgIpc) is 2.42. The Morgan fingerprint density at radius 1 is 1.20 bits per heavy atom. The van der Waals surface area contributed by atoms with Crippen molar-refractivity contribution in [2.75, 3.05) is 17.3 Å². The zero-order chi connectivity index (χ0) is 14.7. The van der Waals surface area contributed by atoms with E-state index in [1.54, 1.807) is 18.2 Å². The molecule has 6 heteroatoms. The van der Waals surface area contributed by atoms with Crippen molar-refractivity contribution in [3.8, 4) is 0 Å². The van der Waals surface area contributed by atoms with E-state index < -0.39 is 17.7 Å². The van der Waals surface area contributed by atoms with E-state index in [1.165, 1.54) is 11.9 Å². The van der Waals surface area contributed by atoms with E-state index in [0.717, 1.165) is 22.7 Å². The van der Waals surface area contributed by atoms with Gasteiger partial charge in [0.05, 0.1) is 5.69 Å². The van der Waals surface area contributed by atoms with Gasteiger partial charge in [-0.3, -0.25) is 4.90 Å². The first-order chi connectivity index (χ1) is 9.47. The number of amides is 2. The molecule has 0 unspecified atom stereocenters.